The van der Waals surface area contributed by atoms with Crippen LogP contribution in [0.15, 0.2) is 288 Å². The van der Waals surface area contributed by atoms with Gasteiger partial charge >= 0.3 is 0 Å². The van der Waals surface area contributed by atoms with E-state index in [-0.39, 0.29) is 0 Å². The topological polar surface area (TPSA) is 0 Å². The molecule has 72 heavy (non-hydrogen) atoms. The highest BCUT2D eigenvalue weighted by Gasteiger charge is 2.17. The van der Waals surface area contributed by atoms with Crippen LogP contribution in [0, 0.1) is 0 Å². The van der Waals surface area contributed by atoms with Gasteiger partial charge in [-0.1, -0.05) is 218 Å². The Hall–Kier alpha value is -5.46. The molecule has 0 saturated heterocycles. The molecule has 0 nitrogen and oxygen atoms in total. The van der Waals surface area contributed by atoms with Gasteiger partial charge in [-0.2, -0.15) is 0 Å². The molecule has 0 unspecified atom stereocenters. The third-order valence-corrected chi connectivity index (χ3v) is 24.1. The molecule has 10 rings (SSSR count). The first-order valence-corrected chi connectivity index (χ1v) is 32.2. The summed E-state index contributed by atoms with van der Waals surface area (Å²) in [5.74, 6) is 3.21. The highest BCUT2D eigenvalue weighted by Crippen LogP contribution is 2.40. The van der Waals surface area contributed by atoms with Gasteiger partial charge in [0.2, 0.25) is 0 Å². The summed E-state index contributed by atoms with van der Waals surface area (Å²) in [7, 11) is -1.25. The summed E-state index contributed by atoms with van der Waals surface area (Å²) >= 11 is 5.90. The Morgan fingerprint density at radius 1 is 0.208 bits per heavy atom. The zero-order chi connectivity index (χ0) is 48.6. The van der Waals surface area contributed by atoms with Crippen molar-refractivity contribution in [3.8, 4) is 33.4 Å². The van der Waals surface area contributed by atoms with Gasteiger partial charge < -0.3 is 0 Å². The van der Waals surface area contributed by atoms with E-state index in [1.54, 1.807) is 0 Å². The molecule has 0 aliphatic carbocycles. The fourth-order valence-electron chi connectivity index (χ4n) is 8.99. The smallest absolute Gasteiger partial charge is 0.00725 e. The first-order chi connectivity index (χ1) is 35.7. The zero-order valence-electron chi connectivity index (χ0n) is 40.3. The van der Waals surface area contributed by atoms with Crippen molar-refractivity contribution in [2.45, 2.75) is 14.7 Å². The quantitative estimate of drug-likeness (QED) is 0.0520. The molecule has 10 aromatic carbocycles. The Morgan fingerprint density at radius 2 is 0.403 bits per heavy atom. The molecule has 0 saturated carbocycles. The summed E-state index contributed by atoms with van der Waals surface area (Å²) in [5, 5.41) is 8.67. The van der Waals surface area contributed by atoms with Crippen LogP contribution in [0.5, 0.6) is 0 Å². The minimum Gasteiger partial charge on any atom is -0.126 e. The summed E-state index contributed by atoms with van der Waals surface area (Å²) < 4.78 is 0. The molecular weight excluding hydrogens is 982 g/mol. The number of rotatable bonds is 21. The Bertz CT molecular complexity index is 2700. The lowest BCUT2D eigenvalue weighted by atomic mass is 9.93. The molecule has 354 valence electrons. The average Bonchev–Trinajstić information content (AvgIpc) is 3.46. The predicted octanol–water partition coefficient (Wildman–Crippen LogP) is 16.4. The van der Waals surface area contributed by atoms with E-state index in [0.29, 0.717) is 0 Å². The molecule has 0 radical (unpaired) electrons. The second kappa shape index (κ2) is 26.0. The van der Waals surface area contributed by atoms with Crippen LogP contribution in [-0.2, 0) is 0 Å². The molecular formula is C66H57P3S3. The number of hydrogen-bond acceptors (Lipinski definition) is 3. The van der Waals surface area contributed by atoms with E-state index in [4.69, 9.17) is 0 Å². The Morgan fingerprint density at radius 3 is 0.597 bits per heavy atom. The number of hydrogen-bond donors (Lipinski definition) is 0. The van der Waals surface area contributed by atoms with Gasteiger partial charge in [-0.25, -0.2) is 0 Å². The first-order valence-electron chi connectivity index (χ1n) is 24.7. The zero-order valence-corrected chi connectivity index (χ0v) is 45.4. The predicted molar refractivity (Wildman–Crippen MR) is 327 cm³/mol. The molecule has 0 bridgehead atoms. The van der Waals surface area contributed by atoms with Gasteiger partial charge in [-0.15, -0.1) is 35.3 Å². The van der Waals surface area contributed by atoms with Crippen LogP contribution in [0.2, 0.25) is 0 Å². The Labute approximate surface area is 444 Å². The van der Waals surface area contributed by atoms with Gasteiger partial charge in [0.1, 0.15) is 0 Å². The molecule has 10 aromatic rings. The molecule has 0 N–H and O–H groups in total. The van der Waals surface area contributed by atoms with E-state index in [0.717, 1.165) is 35.7 Å². The van der Waals surface area contributed by atoms with Gasteiger partial charge in [0.25, 0.3) is 0 Å². The lowest BCUT2D eigenvalue weighted by Gasteiger charge is -2.18. The van der Waals surface area contributed by atoms with Crippen molar-refractivity contribution in [3.05, 3.63) is 273 Å². The van der Waals surface area contributed by atoms with Crippen molar-refractivity contribution in [1.82, 2.24) is 0 Å². The summed E-state index contributed by atoms with van der Waals surface area (Å²) in [6.07, 6.45) is 3.42. The highest BCUT2D eigenvalue weighted by molar-refractivity contribution is 8.00. The molecule has 0 spiro atoms. The van der Waals surface area contributed by atoms with Gasteiger partial charge in [0.15, 0.2) is 0 Å². The largest absolute Gasteiger partial charge is 0.126 e. The summed E-state index contributed by atoms with van der Waals surface area (Å²) in [6, 6.07) is 101. The lowest BCUT2D eigenvalue weighted by molar-refractivity contribution is 1.41. The van der Waals surface area contributed by atoms with E-state index in [1.165, 1.54) is 79.9 Å². The molecule has 0 aromatic heterocycles. The van der Waals surface area contributed by atoms with Gasteiger partial charge in [-0.05, 0) is 162 Å². The summed E-state index contributed by atoms with van der Waals surface area (Å²) in [6.45, 7) is 0. The molecule has 0 fully saturated rings. The van der Waals surface area contributed by atoms with Crippen LogP contribution in [-0.4, -0.2) is 35.7 Å². The SMILES string of the molecule is c1ccc(P(CCSc2ccc(-c3cc(-c4ccc(SCCP(c5ccccc5)c5ccccc5)cc4)cc(-c4ccc(SCCP(c5ccccc5)c5ccccc5)cc4)c3)cc2)c2ccccc2)cc1. The molecule has 6 heteroatoms. The fraction of sp³-hybridized carbons (Fsp3) is 0.0909. The van der Waals surface area contributed by atoms with Crippen molar-refractivity contribution in [1.29, 1.82) is 0 Å². The van der Waals surface area contributed by atoms with Crippen LogP contribution < -0.4 is 31.8 Å². The third-order valence-electron chi connectivity index (χ3n) is 12.7. The van der Waals surface area contributed by atoms with Crippen LogP contribution in [0.3, 0.4) is 0 Å². The van der Waals surface area contributed by atoms with Gasteiger partial charge in [-0.3, -0.25) is 0 Å². The Kier molecular flexibility index (Phi) is 18.1. The average molecular weight is 1040 g/mol. The maximum absolute atomic E-state index is 2.38. The van der Waals surface area contributed by atoms with Crippen molar-refractivity contribution >= 4 is 90.9 Å². The highest BCUT2D eigenvalue weighted by atomic mass is 32.2. The summed E-state index contributed by atoms with van der Waals surface area (Å²) in [4.78, 5) is 3.94. The standard InChI is InChI=1S/C66H57P3S3/c1-7-19-58(20-8-1)67(59-21-9-2-10-22-59)43-46-70-64-37-31-52(32-38-64)55-49-56(53-33-39-65(40-34-53)71-47-44-68(60-23-11-3-12-24-60)61-25-13-4-14-26-61)51-57(50-55)54-35-41-66(42-36-54)72-48-45-69(62-27-15-5-16-28-62)63-29-17-6-18-30-63/h1-42,49-51H,43-48H2. The molecule has 0 heterocycles. The van der Waals surface area contributed by atoms with Crippen LogP contribution in [0.25, 0.3) is 33.4 Å². The van der Waals surface area contributed by atoms with E-state index in [1.807, 2.05) is 35.3 Å². The van der Waals surface area contributed by atoms with Crippen molar-refractivity contribution in [2.24, 2.45) is 0 Å². The minimum atomic E-state index is -0.416. The maximum atomic E-state index is 2.38. The minimum absolute atomic E-state index is 0.416. The van der Waals surface area contributed by atoms with Crippen molar-refractivity contribution < 1.29 is 0 Å². The normalized spacial score (nSPS) is 11.4. The molecule has 0 atom stereocenters. The van der Waals surface area contributed by atoms with E-state index in [2.05, 4.69) is 273 Å². The molecule has 0 amide bonds. The number of benzene rings is 10. The first kappa shape index (κ1) is 50.1. The van der Waals surface area contributed by atoms with Crippen LogP contribution in [0.4, 0.5) is 0 Å². The van der Waals surface area contributed by atoms with Crippen LogP contribution in [0.1, 0.15) is 0 Å². The van der Waals surface area contributed by atoms with E-state index >= 15 is 0 Å². The second-order valence-corrected chi connectivity index (χ2v) is 27.9. The second-order valence-electron chi connectivity index (χ2n) is 17.4. The van der Waals surface area contributed by atoms with Gasteiger partial charge in [0.05, 0.1) is 0 Å². The Balaban J connectivity index is 0.862. The molecule has 0 aliphatic rings. The number of thioether (sulfide) groups is 3. The van der Waals surface area contributed by atoms with Crippen molar-refractivity contribution in [2.75, 3.05) is 35.7 Å². The van der Waals surface area contributed by atoms with E-state index < -0.39 is 23.8 Å². The van der Waals surface area contributed by atoms with Crippen LogP contribution >= 0.6 is 59.1 Å². The maximum Gasteiger partial charge on any atom is 0.00725 e. The lowest BCUT2D eigenvalue weighted by Crippen LogP contribution is -2.14. The van der Waals surface area contributed by atoms with Gasteiger partial charge in [0, 0.05) is 31.9 Å². The third kappa shape index (κ3) is 13.6. The summed E-state index contributed by atoms with van der Waals surface area (Å²) in [5.41, 5.74) is 7.41. The van der Waals surface area contributed by atoms with Crippen molar-refractivity contribution in [3.63, 3.8) is 0 Å². The monoisotopic (exact) mass is 1040 g/mol. The fourth-order valence-corrected chi connectivity index (χ4v) is 19.6. The molecule has 0 aliphatic heterocycles. The van der Waals surface area contributed by atoms with E-state index in [9.17, 15) is 0 Å².